The van der Waals surface area contributed by atoms with Crippen molar-refractivity contribution in [2.45, 2.75) is 18.6 Å². The van der Waals surface area contributed by atoms with Crippen LogP contribution >= 0.6 is 0 Å². The van der Waals surface area contributed by atoms with Crippen molar-refractivity contribution >= 4 is 5.82 Å². The van der Waals surface area contributed by atoms with Crippen molar-refractivity contribution in [3.63, 3.8) is 0 Å². The lowest BCUT2D eigenvalue weighted by atomic mass is 10.0. The van der Waals surface area contributed by atoms with Gasteiger partial charge in [-0.05, 0) is 12.5 Å². The SMILES string of the molecule is N#Cc1nccc(N2CCCC3(C2)OCCO3)n1. The third kappa shape index (κ3) is 2.03. The second-order valence-corrected chi connectivity index (χ2v) is 4.48. The average molecular weight is 246 g/mol. The number of piperidine rings is 1. The largest absolute Gasteiger partial charge is 0.351 e. The molecule has 0 radical (unpaired) electrons. The lowest BCUT2D eigenvalue weighted by molar-refractivity contribution is -0.161. The van der Waals surface area contributed by atoms with E-state index in [4.69, 9.17) is 14.7 Å². The summed E-state index contributed by atoms with van der Waals surface area (Å²) in [4.78, 5) is 10.2. The highest BCUT2D eigenvalue weighted by molar-refractivity contribution is 5.40. The quantitative estimate of drug-likeness (QED) is 0.726. The van der Waals surface area contributed by atoms with Crippen molar-refractivity contribution in [3.8, 4) is 6.07 Å². The zero-order valence-corrected chi connectivity index (χ0v) is 10.0. The second kappa shape index (κ2) is 4.52. The van der Waals surface area contributed by atoms with Crippen molar-refractivity contribution in [2.24, 2.45) is 0 Å². The minimum atomic E-state index is -0.476. The number of aromatic nitrogens is 2. The molecule has 3 heterocycles. The van der Waals surface area contributed by atoms with E-state index in [1.165, 1.54) is 0 Å². The highest BCUT2D eigenvalue weighted by Crippen LogP contribution is 2.31. The summed E-state index contributed by atoms with van der Waals surface area (Å²) in [5.74, 6) is 0.482. The number of nitriles is 1. The first-order chi connectivity index (χ1) is 8.81. The molecule has 2 saturated heterocycles. The normalized spacial score (nSPS) is 22.1. The number of anilines is 1. The zero-order valence-electron chi connectivity index (χ0n) is 10.0. The van der Waals surface area contributed by atoms with E-state index in [2.05, 4.69) is 14.9 Å². The highest BCUT2D eigenvalue weighted by Gasteiger charge is 2.41. The molecule has 1 aromatic rings. The van der Waals surface area contributed by atoms with Gasteiger partial charge in [0.25, 0.3) is 0 Å². The van der Waals surface area contributed by atoms with E-state index < -0.39 is 5.79 Å². The van der Waals surface area contributed by atoms with E-state index in [0.717, 1.165) is 25.2 Å². The summed E-state index contributed by atoms with van der Waals surface area (Å²) in [5, 5.41) is 8.82. The summed E-state index contributed by atoms with van der Waals surface area (Å²) in [7, 11) is 0. The van der Waals surface area contributed by atoms with Gasteiger partial charge >= 0.3 is 0 Å². The van der Waals surface area contributed by atoms with Crippen LogP contribution in [0.2, 0.25) is 0 Å². The molecule has 94 valence electrons. The molecule has 0 bridgehead atoms. The Labute approximate surface area is 105 Å². The third-order valence-electron chi connectivity index (χ3n) is 3.30. The maximum absolute atomic E-state index is 8.82. The Balaban J connectivity index is 1.81. The van der Waals surface area contributed by atoms with Crippen LogP contribution in [0.3, 0.4) is 0 Å². The molecular weight excluding hydrogens is 232 g/mol. The summed E-state index contributed by atoms with van der Waals surface area (Å²) in [5.41, 5.74) is 0. The van der Waals surface area contributed by atoms with Crippen molar-refractivity contribution < 1.29 is 9.47 Å². The highest BCUT2D eigenvalue weighted by atomic mass is 16.7. The molecule has 6 heteroatoms. The van der Waals surface area contributed by atoms with Crippen LogP contribution in [-0.2, 0) is 9.47 Å². The Morgan fingerprint density at radius 3 is 3.00 bits per heavy atom. The summed E-state index contributed by atoms with van der Waals surface area (Å²) >= 11 is 0. The van der Waals surface area contributed by atoms with Gasteiger partial charge in [-0.15, -0.1) is 0 Å². The summed E-state index contributed by atoms with van der Waals surface area (Å²) in [6.07, 6.45) is 3.52. The predicted molar refractivity (Wildman–Crippen MR) is 62.8 cm³/mol. The number of hydrogen-bond donors (Lipinski definition) is 0. The van der Waals surface area contributed by atoms with Crippen LogP contribution in [0.4, 0.5) is 5.82 Å². The molecule has 0 aromatic carbocycles. The van der Waals surface area contributed by atoms with Crippen molar-refractivity contribution in [2.75, 3.05) is 31.2 Å². The number of rotatable bonds is 1. The molecule has 0 unspecified atom stereocenters. The fraction of sp³-hybridized carbons (Fsp3) is 0.583. The van der Waals surface area contributed by atoms with E-state index in [-0.39, 0.29) is 5.82 Å². The summed E-state index contributed by atoms with van der Waals surface area (Å²) < 4.78 is 11.4. The van der Waals surface area contributed by atoms with Gasteiger partial charge in [0, 0.05) is 19.2 Å². The van der Waals surface area contributed by atoms with Gasteiger partial charge in [-0.25, -0.2) is 9.97 Å². The topological polar surface area (TPSA) is 71.3 Å². The molecule has 2 aliphatic heterocycles. The molecular formula is C12H14N4O2. The van der Waals surface area contributed by atoms with E-state index >= 15 is 0 Å². The first-order valence-electron chi connectivity index (χ1n) is 6.07. The van der Waals surface area contributed by atoms with Gasteiger partial charge in [-0.2, -0.15) is 5.26 Å². The van der Waals surface area contributed by atoms with Crippen LogP contribution in [0.25, 0.3) is 0 Å². The lowest BCUT2D eigenvalue weighted by Crippen LogP contribution is -2.49. The Bertz CT molecular complexity index is 479. The standard InChI is InChI=1S/C12H14N4O2/c13-8-10-14-4-2-11(15-10)16-5-1-3-12(9-16)17-6-7-18-12/h2,4H,1,3,5-7,9H2. The van der Waals surface area contributed by atoms with E-state index in [9.17, 15) is 0 Å². The Morgan fingerprint density at radius 1 is 1.39 bits per heavy atom. The van der Waals surface area contributed by atoms with Crippen LogP contribution in [0, 0.1) is 11.3 Å². The first kappa shape index (κ1) is 11.4. The van der Waals surface area contributed by atoms with Crippen LogP contribution in [-0.4, -0.2) is 42.1 Å². The molecule has 0 aliphatic carbocycles. The third-order valence-corrected chi connectivity index (χ3v) is 3.30. The molecule has 1 spiro atoms. The maximum Gasteiger partial charge on any atom is 0.234 e. The fourth-order valence-electron chi connectivity index (χ4n) is 2.50. The van der Waals surface area contributed by atoms with E-state index in [0.29, 0.717) is 19.8 Å². The van der Waals surface area contributed by atoms with Crippen LogP contribution < -0.4 is 4.90 Å². The lowest BCUT2D eigenvalue weighted by Gasteiger charge is -2.39. The smallest absolute Gasteiger partial charge is 0.234 e. The average Bonchev–Trinajstić information content (AvgIpc) is 2.87. The van der Waals surface area contributed by atoms with Gasteiger partial charge in [0.05, 0.1) is 19.8 Å². The van der Waals surface area contributed by atoms with E-state index in [1.54, 1.807) is 6.20 Å². The summed E-state index contributed by atoms with van der Waals surface area (Å²) in [6, 6.07) is 3.77. The predicted octanol–water partition coefficient (Wildman–Crippen LogP) is 0.692. The first-order valence-corrected chi connectivity index (χ1v) is 6.07. The number of nitrogens with zero attached hydrogens (tertiary/aromatic N) is 4. The molecule has 0 saturated carbocycles. The van der Waals surface area contributed by atoms with Gasteiger partial charge in [-0.1, -0.05) is 0 Å². The molecule has 3 rings (SSSR count). The van der Waals surface area contributed by atoms with Crippen molar-refractivity contribution in [3.05, 3.63) is 18.1 Å². The molecule has 2 aliphatic rings. The van der Waals surface area contributed by atoms with E-state index in [1.807, 2.05) is 12.1 Å². The maximum atomic E-state index is 8.82. The monoisotopic (exact) mass is 246 g/mol. The van der Waals surface area contributed by atoms with Crippen molar-refractivity contribution in [1.82, 2.24) is 9.97 Å². The van der Waals surface area contributed by atoms with Gasteiger partial charge in [0.15, 0.2) is 5.79 Å². The van der Waals surface area contributed by atoms with Crippen molar-refractivity contribution in [1.29, 1.82) is 5.26 Å². The van der Waals surface area contributed by atoms with Gasteiger partial charge < -0.3 is 14.4 Å². The Kier molecular flexibility index (Phi) is 2.86. The van der Waals surface area contributed by atoms with Crippen LogP contribution in [0.5, 0.6) is 0 Å². The van der Waals surface area contributed by atoms with Crippen LogP contribution in [0.1, 0.15) is 18.7 Å². The molecule has 18 heavy (non-hydrogen) atoms. The summed E-state index contributed by atoms with van der Waals surface area (Å²) in [6.45, 7) is 2.87. The second-order valence-electron chi connectivity index (χ2n) is 4.48. The minimum Gasteiger partial charge on any atom is -0.351 e. The number of ether oxygens (including phenoxy) is 2. The van der Waals surface area contributed by atoms with Gasteiger partial charge in [0.1, 0.15) is 11.9 Å². The number of hydrogen-bond acceptors (Lipinski definition) is 6. The molecule has 2 fully saturated rings. The van der Waals surface area contributed by atoms with Gasteiger partial charge in [-0.3, -0.25) is 0 Å². The molecule has 1 aromatic heterocycles. The van der Waals surface area contributed by atoms with Crippen LogP contribution in [0.15, 0.2) is 12.3 Å². The van der Waals surface area contributed by atoms with Gasteiger partial charge in [0.2, 0.25) is 5.82 Å². The molecule has 0 atom stereocenters. The Hall–Kier alpha value is -1.71. The Morgan fingerprint density at radius 2 is 2.22 bits per heavy atom. The molecule has 0 amide bonds. The molecule has 6 nitrogen and oxygen atoms in total. The molecule has 0 N–H and O–H groups in total. The minimum absolute atomic E-state index is 0.195. The fourth-order valence-corrected chi connectivity index (χ4v) is 2.50. The zero-order chi connectivity index (χ0) is 12.4.